The summed E-state index contributed by atoms with van der Waals surface area (Å²) >= 11 is 1.79. The van der Waals surface area contributed by atoms with E-state index in [4.69, 9.17) is 0 Å². The molecule has 3 heteroatoms. The van der Waals surface area contributed by atoms with E-state index in [1.54, 1.807) is 11.3 Å². The van der Waals surface area contributed by atoms with Crippen LogP contribution in [0.4, 0.5) is 0 Å². The van der Waals surface area contributed by atoms with Crippen molar-refractivity contribution in [3.63, 3.8) is 0 Å². The summed E-state index contributed by atoms with van der Waals surface area (Å²) in [7, 11) is 0. The fourth-order valence-electron chi connectivity index (χ4n) is 3.38. The van der Waals surface area contributed by atoms with Crippen molar-refractivity contribution < 1.29 is 4.79 Å². The normalized spacial score (nSPS) is 17.6. The maximum atomic E-state index is 12.6. The van der Waals surface area contributed by atoms with E-state index in [1.165, 1.54) is 16.0 Å². The van der Waals surface area contributed by atoms with Gasteiger partial charge in [-0.15, -0.1) is 11.3 Å². The molecule has 0 spiro atoms. The van der Waals surface area contributed by atoms with Crippen molar-refractivity contribution in [1.29, 1.82) is 0 Å². The SMILES string of the molecule is Cc1ccc(CC2CCCN2C(=O)CCCc2cccs2)cc1. The molecule has 1 saturated heterocycles. The average Bonchev–Trinajstić information content (AvgIpc) is 3.21. The number of aryl methyl sites for hydroxylation is 2. The second-order valence-electron chi connectivity index (χ2n) is 6.51. The van der Waals surface area contributed by atoms with E-state index >= 15 is 0 Å². The molecule has 1 amide bonds. The number of rotatable bonds is 6. The predicted octanol–water partition coefficient (Wildman–Crippen LogP) is 4.61. The van der Waals surface area contributed by atoms with Crippen LogP contribution in [-0.4, -0.2) is 23.4 Å². The highest BCUT2D eigenvalue weighted by Gasteiger charge is 2.28. The topological polar surface area (TPSA) is 20.3 Å². The van der Waals surface area contributed by atoms with Gasteiger partial charge in [0.25, 0.3) is 0 Å². The third kappa shape index (κ3) is 4.44. The molecule has 0 aliphatic carbocycles. The first kappa shape index (κ1) is 16.3. The van der Waals surface area contributed by atoms with Gasteiger partial charge in [-0.2, -0.15) is 0 Å². The van der Waals surface area contributed by atoms with Gasteiger partial charge in [0.05, 0.1) is 0 Å². The number of benzene rings is 1. The third-order valence-corrected chi connectivity index (χ3v) is 5.62. The molecule has 1 aromatic carbocycles. The number of carbonyl (C=O) groups is 1. The van der Waals surface area contributed by atoms with Gasteiger partial charge in [0.2, 0.25) is 5.91 Å². The van der Waals surface area contributed by atoms with Crippen molar-refractivity contribution in [2.75, 3.05) is 6.54 Å². The van der Waals surface area contributed by atoms with Gasteiger partial charge in [0, 0.05) is 23.9 Å². The summed E-state index contributed by atoms with van der Waals surface area (Å²) in [5.74, 6) is 0.344. The Balaban J connectivity index is 1.51. The van der Waals surface area contributed by atoms with Gasteiger partial charge < -0.3 is 4.90 Å². The van der Waals surface area contributed by atoms with Crippen molar-refractivity contribution in [2.45, 2.75) is 51.5 Å². The highest BCUT2D eigenvalue weighted by atomic mass is 32.1. The Labute approximate surface area is 143 Å². The molecular formula is C20H25NOS. The Bertz CT molecular complexity index is 618. The van der Waals surface area contributed by atoms with Gasteiger partial charge in [-0.05, 0) is 56.0 Å². The highest BCUT2D eigenvalue weighted by Crippen LogP contribution is 2.23. The molecule has 1 aromatic heterocycles. The van der Waals surface area contributed by atoms with E-state index in [1.807, 2.05) is 0 Å². The lowest BCUT2D eigenvalue weighted by Gasteiger charge is -2.25. The van der Waals surface area contributed by atoms with Crippen LogP contribution in [0.1, 0.15) is 41.7 Å². The number of thiophene rings is 1. The van der Waals surface area contributed by atoms with Crippen LogP contribution in [0.2, 0.25) is 0 Å². The first-order chi connectivity index (χ1) is 11.2. The van der Waals surface area contributed by atoms with Crippen LogP contribution in [0.25, 0.3) is 0 Å². The Kier molecular flexibility index (Phi) is 5.50. The van der Waals surface area contributed by atoms with Crippen LogP contribution in [0.15, 0.2) is 41.8 Å². The molecule has 1 aliphatic heterocycles. The van der Waals surface area contributed by atoms with Crippen LogP contribution < -0.4 is 0 Å². The molecule has 3 rings (SSSR count). The molecule has 1 fully saturated rings. The molecular weight excluding hydrogens is 302 g/mol. The molecule has 1 atom stereocenters. The number of nitrogens with zero attached hydrogens (tertiary/aromatic N) is 1. The van der Waals surface area contributed by atoms with Crippen LogP contribution in [0, 0.1) is 6.92 Å². The second-order valence-corrected chi connectivity index (χ2v) is 7.54. The summed E-state index contributed by atoms with van der Waals surface area (Å²) in [5.41, 5.74) is 2.64. The first-order valence-corrected chi connectivity index (χ1v) is 9.48. The zero-order chi connectivity index (χ0) is 16.1. The van der Waals surface area contributed by atoms with Gasteiger partial charge in [0.15, 0.2) is 0 Å². The summed E-state index contributed by atoms with van der Waals surface area (Å²) < 4.78 is 0. The second kappa shape index (κ2) is 7.78. The number of hydrogen-bond donors (Lipinski definition) is 0. The van der Waals surface area contributed by atoms with Crippen molar-refractivity contribution in [2.24, 2.45) is 0 Å². The molecule has 1 aliphatic rings. The van der Waals surface area contributed by atoms with Gasteiger partial charge in [-0.3, -0.25) is 4.79 Å². The first-order valence-electron chi connectivity index (χ1n) is 8.60. The number of hydrogen-bond acceptors (Lipinski definition) is 2. The molecule has 1 unspecified atom stereocenters. The Morgan fingerprint density at radius 3 is 2.83 bits per heavy atom. The molecule has 23 heavy (non-hydrogen) atoms. The monoisotopic (exact) mass is 327 g/mol. The van der Waals surface area contributed by atoms with Crippen molar-refractivity contribution in [1.82, 2.24) is 4.90 Å². The van der Waals surface area contributed by atoms with E-state index in [-0.39, 0.29) is 0 Å². The minimum Gasteiger partial charge on any atom is -0.339 e. The number of carbonyl (C=O) groups excluding carboxylic acids is 1. The molecule has 2 heterocycles. The molecule has 2 aromatic rings. The minimum atomic E-state index is 0.344. The molecule has 0 N–H and O–H groups in total. The van der Waals surface area contributed by atoms with E-state index in [0.717, 1.165) is 38.6 Å². The van der Waals surface area contributed by atoms with E-state index in [0.29, 0.717) is 18.4 Å². The Hall–Kier alpha value is -1.61. The van der Waals surface area contributed by atoms with Crippen LogP contribution in [-0.2, 0) is 17.6 Å². The Morgan fingerprint density at radius 1 is 1.26 bits per heavy atom. The largest absolute Gasteiger partial charge is 0.339 e. The lowest BCUT2D eigenvalue weighted by Crippen LogP contribution is -2.36. The van der Waals surface area contributed by atoms with E-state index in [2.05, 4.69) is 53.6 Å². The summed E-state index contributed by atoms with van der Waals surface area (Å²) in [5, 5.41) is 2.11. The fraction of sp³-hybridized carbons (Fsp3) is 0.450. The molecule has 0 bridgehead atoms. The highest BCUT2D eigenvalue weighted by molar-refractivity contribution is 7.09. The zero-order valence-electron chi connectivity index (χ0n) is 13.8. The third-order valence-electron chi connectivity index (χ3n) is 4.68. The quantitative estimate of drug-likeness (QED) is 0.758. The standard InChI is InChI=1S/C20H25NOS/c1-16-9-11-17(12-10-16)15-18-5-3-13-21(18)20(22)8-2-6-19-7-4-14-23-19/h4,7,9-12,14,18H,2-3,5-6,8,13,15H2,1H3. The summed E-state index contributed by atoms with van der Waals surface area (Å²) in [6.45, 7) is 3.05. The van der Waals surface area contributed by atoms with Crippen LogP contribution >= 0.6 is 11.3 Å². The average molecular weight is 327 g/mol. The molecule has 122 valence electrons. The summed E-state index contributed by atoms with van der Waals surface area (Å²) in [4.78, 5) is 16.1. The zero-order valence-corrected chi connectivity index (χ0v) is 14.6. The summed E-state index contributed by atoms with van der Waals surface area (Å²) in [6, 6.07) is 13.4. The Morgan fingerprint density at radius 2 is 2.09 bits per heavy atom. The molecule has 0 saturated carbocycles. The molecule has 0 radical (unpaired) electrons. The van der Waals surface area contributed by atoms with Crippen molar-refractivity contribution in [3.05, 3.63) is 57.8 Å². The van der Waals surface area contributed by atoms with E-state index < -0.39 is 0 Å². The van der Waals surface area contributed by atoms with Crippen molar-refractivity contribution >= 4 is 17.2 Å². The maximum absolute atomic E-state index is 12.6. The number of likely N-dealkylation sites (tertiary alicyclic amines) is 1. The van der Waals surface area contributed by atoms with Crippen LogP contribution in [0.5, 0.6) is 0 Å². The van der Waals surface area contributed by atoms with Gasteiger partial charge >= 0.3 is 0 Å². The van der Waals surface area contributed by atoms with Crippen molar-refractivity contribution in [3.8, 4) is 0 Å². The predicted molar refractivity (Wildman–Crippen MR) is 96.9 cm³/mol. The minimum absolute atomic E-state index is 0.344. The summed E-state index contributed by atoms with van der Waals surface area (Å²) in [6.07, 6.45) is 5.96. The van der Waals surface area contributed by atoms with Gasteiger partial charge in [0.1, 0.15) is 0 Å². The number of amides is 1. The fourth-order valence-corrected chi connectivity index (χ4v) is 4.14. The smallest absolute Gasteiger partial charge is 0.222 e. The lowest BCUT2D eigenvalue weighted by molar-refractivity contribution is -0.132. The van der Waals surface area contributed by atoms with E-state index in [9.17, 15) is 4.79 Å². The van der Waals surface area contributed by atoms with Gasteiger partial charge in [-0.25, -0.2) is 0 Å². The van der Waals surface area contributed by atoms with Crippen LogP contribution in [0.3, 0.4) is 0 Å². The van der Waals surface area contributed by atoms with Gasteiger partial charge in [-0.1, -0.05) is 35.9 Å². The molecule has 2 nitrogen and oxygen atoms in total. The maximum Gasteiger partial charge on any atom is 0.222 e. The lowest BCUT2D eigenvalue weighted by atomic mass is 10.0.